The zero-order valence-electron chi connectivity index (χ0n) is 33.3. The molecule has 3 unspecified atom stereocenters. The predicted molar refractivity (Wildman–Crippen MR) is 217 cm³/mol. The summed E-state index contributed by atoms with van der Waals surface area (Å²) in [6.07, 6.45) is 21.1. The van der Waals surface area contributed by atoms with Crippen LogP contribution in [0.2, 0.25) is 4.82 Å². The molecule has 2 aromatic carbocycles. The van der Waals surface area contributed by atoms with Crippen LogP contribution in [0.1, 0.15) is 114 Å². The van der Waals surface area contributed by atoms with Gasteiger partial charge >= 0.3 is 225 Å². The number of hydrogen-bond donors (Lipinski definition) is 0. The Kier molecular flexibility index (Phi) is 19.0. The summed E-state index contributed by atoms with van der Waals surface area (Å²) in [5.41, 5.74) is 0.541. The van der Waals surface area contributed by atoms with E-state index in [1.165, 1.54) is 24.4 Å². The fraction of sp³-hybridized carbons (Fsp3) is 0.609. The van der Waals surface area contributed by atoms with Gasteiger partial charge in [-0.3, -0.25) is 0 Å². The second kappa shape index (κ2) is 24.1. The zero-order valence-corrected chi connectivity index (χ0v) is 35.0. The fourth-order valence-corrected chi connectivity index (χ4v) is 10.2. The number of methoxy groups -OCH3 is 1. The van der Waals surface area contributed by atoms with Crippen LogP contribution in [0.5, 0.6) is 0 Å². The van der Waals surface area contributed by atoms with Crippen molar-refractivity contribution in [2.75, 3.05) is 20.3 Å². The summed E-state index contributed by atoms with van der Waals surface area (Å²) in [4.78, 5) is 26.1. The van der Waals surface area contributed by atoms with Gasteiger partial charge in [-0.15, -0.1) is 0 Å². The first kappa shape index (κ1) is 43.3. The second-order valence-electron chi connectivity index (χ2n) is 15.3. The molecule has 0 aromatic heterocycles. The normalized spacial score (nSPS) is 26.2. The maximum atomic E-state index is 13.6. The number of benzene rings is 2. The van der Waals surface area contributed by atoms with Crippen molar-refractivity contribution >= 4 is 31.4 Å². The van der Waals surface area contributed by atoms with E-state index in [-0.39, 0.29) is 74.4 Å². The van der Waals surface area contributed by atoms with Gasteiger partial charge < -0.3 is 4.74 Å². The molecule has 2 saturated heterocycles. The molecule has 1 aliphatic carbocycles. The number of ether oxygens (including phenoxy) is 6. The minimum Gasteiger partial charge on any atom is -0.353 e. The molecule has 1 saturated carbocycles. The molecule has 3 aliphatic rings. The predicted octanol–water partition coefficient (Wildman–Crippen LogP) is 9.16. The Morgan fingerprint density at radius 1 is 0.891 bits per heavy atom. The van der Waals surface area contributed by atoms with Crippen molar-refractivity contribution in [2.24, 2.45) is 17.8 Å². The van der Waals surface area contributed by atoms with Crippen LogP contribution in [0.4, 0.5) is 0 Å². The van der Waals surface area contributed by atoms with Crippen molar-refractivity contribution in [1.82, 2.24) is 0 Å². The first-order valence-corrected chi connectivity index (χ1v) is 22.7. The van der Waals surface area contributed by atoms with Crippen molar-refractivity contribution in [3.63, 3.8) is 0 Å². The van der Waals surface area contributed by atoms with Gasteiger partial charge in [0.05, 0.1) is 0 Å². The van der Waals surface area contributed by atoms with Gasteiger partial charge in [0.15, 0.2) is 6.29 Å². The van der Waals surface area contributed by atoms with E-state index in [9.17, 15) is 9.59 Å². The van der Waals surface area contributed by atoms with Gasteiger partial charge in [0.2, 0.25) is 0 Å². The number of unbranched alkanes of at least 4 members (excludes halogenated alkanes) is 1. The molecule has 3 fully saturated rings. The Morgan fingerprint density at radius 2 is 1.60 bits per heavy atom. The number of rotatable bonds is 21. The summed E-state index contributed by atoms with van der Waals surface area (Å²) in [5, 5.41) is 0. The van der Waals surface area contributed by atoms with E-state index in [4.69, 9.17) is 28.4 Å². The fourth-order valence-electron chi connectivity index (χ4n) is 7.89. The van der Waals surface area contributed by atoms with Crippen molar-refractivity contribution in [3.8, 4) is 0 Å². The minimum atomic E-state index is -0.377. The molecule has 0 spiro atoms. The summed E-state index contributed by atoms with van der Waals surface area (Å²) in [7, 11) is 1.47. The summed E-state index contributed by atoms with van der Waals surface area (Å²) in [6, 6.07) is 19.4. The molecule has 2 aromatic rings. The smallest absolute Gasteiger partial charge is 0.353 e. The third kappa shape index (κ3) is 14.6. The van der Waals surface area contributed by atoms with E-state index in [1.807, 2.05) is 36.4 Å². The summed E-state index contributed by atoms with van der Waals surface area (Å²) in [5.74, 6) is -0.0239. The average Bonchev–Trinajstić information content (AvgIpc) is 3.53. The topological polar surface area (TPSA) is 89.5 Å². The van der Waals surface area contributed by atoms with E-state index in [0.29, 0.717) is 24.5 Å². The van der Waals surface area contributed by atoms with Crippen molar-refractivity contribution < 1.29 is 38.0 Å². The van der Waals surface area contributed by atoms with Gasteiger partial charge in [0, 0.05) is 6.61 Å². The number of esters is 2. The third-order valence-corrected chi connectivity index (χ3v) is 13.6. The number of allylic oxidation sites excluding steroid dienone is 2. The maximum absolute atomic E-state index is 13.6. The van der Waals surface area contributed by atoms with E-state index in [2.05, 4.69) is 50.3 Å². The molecule has 2 heterocycles. The quantitative estimate of drug-likeness (QED) is 0.0700. The van der Waals surface area contributed by atoms with Crippen LogP contribution in [0, 0.1) is 17.8 Å². The Balaban J connectivity index is 1.37. The number of hydrogen-bond acceptors (Lipinski definition) is 8. The molecule has 0 bridgehead atoms. The Hall–Kier alpha value is -2.78. The molecule has 0 radical (unpaired) electrons. The Morgan fingerprint density at radius 3 is 2.27 bits per heavy atom. The summed E-state index contributed by atoms with van der Waals surface area (Å²) < 4.78 is 38.3. The Bertz CT molecular complexity index is 1440. The molecule has 55 heavy (non-hydrogen) atoms. The van der Waals surface area contributed by atoms with E-state index >= 15 is 0 Å². The van der Waals surface area contributed by atoms with Crippen LogP contribution in [-0.2, 0) is 33.2 Å². The van der Waals surface area contributed by atoms with Gasteiger partial charge in [-0.2, -0.15) is 0 Å². The van der Waals surface area contributed by atoms with Gasteiger partial charge in [0.25, 0.3) is 0 Å². The molecule has 0 N–H and O–H groups in total. The summed E-state index contributed by atoms with van der Waals surface area (Å²) >= 11 is -0.0202. The van der Waals surface area contributed by atoms with E-state index in [1.54, 1.807) is 12.1 Å². The molecule has 8 nitrogen and oxygen atoms in total. The molecular weight excluding hydrogens is 759 g/mol. The molecule has 0 amide bonds. The standard InChI is InChI=1S/C46H64O8Se/c1-4-5-19-34(2)32-36(52-43-26-15-17-30-50-43)28-29-39-38(24-13-8-14-25-42(46(48)49-3)55-37-22-11-7-12-23-37)40(53-44-27-16-18-31-51-44)33-41(39)54-45(47)35-20-9-6-10-21-35/h6-13,20-23,28-29,34,36,38-44H,4-5,14-19,24-27,30-33H2,1-3H3/b13-8-,29-28+/t34-,36+,38+,39+,40-,41+,42?,43?,44?/m0/s1. The molecule has 2 aliphatic heterocycles. The monoisotopic (exact) mass is 824 g/mol. The van der Waals surface area contributed by atoms with Crippen LogP contribution >= 0.6 is 0 Å². The molecule has 9 atom stereocenters. The summed E-state index contributed by atoms with van der Waals surface area (Å²) in [6.45, 7) is 5.98. The van der Waals surface area contributed by atoms with Crippen molar-refractivity contribution in [3.05, 3.63) is 90.5 Å². The van der Waals surface area contributed by atoms with Crippen LogP contribution in [0.3, 0.4) is 0 Å². The van der Waals surface area contributed by atoms with Crippen molar-refractivity contribution in [1.29, 1.82) is 0 Å². The van der Waals surface area contributed by atoms with Crippen molar-refractivity contribution in [2.45, 2.75) is 139 Å². The minimum absolute atomic E-state index is 0.0202. The van der Waals surface area contributed by atoms with Gasteiger partial charge in [-0.25, -0.2) is 0 Å². The molecule has 5 rings (SSSR count). The molecule has 302 valence electrons. The van der Waals surface area contributed by atoms with Gasteiger partial charge in [-0.05, 0) is 43.7 Å². The van der Waals surface area contributed by atoms with Crippen LogP contribution in [-0.4, -0.2) is 78.1 Å². The van der Waals surface area contributed by atoms with Crippen LogP contribution in [0.15, 0.2) is 85.0 Å². The zero-order chi connectivity index (χ0) is 38.7. The molecular formula is C46H64O8Se. The first-order chi connectivity index (χ1) is 26.9. The average molecular weight is 824 g/mol. The van der Waals surface area contributed by atoms with Gasteiger partial charge in [0.1, 0.15) is 0 Å². The third-order valence-electron chi connectivity index (χ3n) is 11.0. The van der Waals surface area contributed by atoms with Crippen LogP contribution in [0.25, 0.3) is 0 Å². The second-order valence-corrected chi connectivity index (χ2v) is 18.0. The van der Waals surface area contributed by atoms with Gasteiger partial charge in [-0.1, -0.05) is 51.3 Å². The Labute approximate surface area is 336 Å². The number of carbonyl (C=O) groups excluding carboxylic acids is 2. The molecule has 9 heteroatoms. The van der Waals surface area contributed by atoms with E-state index in [0.717, 1.165) is 77.2 Å². The first-order valence-electron chi connectivity index (χ1n) is 20.9. The van der Waals surface area contributed by atoms with Crippen LogP contribution < -0.4 is 4.46 Å². The number of carbonyl (C=O) groups is 2. The SMILES string of the molecule is CCCC[C@H](C)C[C@@H](/C=C/[C@@H]1[C@@H](C/C=C\CCC([Se]c2ccccc2)C(=O)OC)[C@@H](OC2CCCCO2)C[C@H]1OC(=O)c1ccccc1)OC1CCCCO1. The van der Waals surface area contributed by atoms with E-state index < -0.39 is 0 Å².